The largest absolute Gasteiger partial charge is 0.480 e. The zero-order valence-corrected chi connectivity index (χ0v) is 12.5. The van der Waals surface area contributed by atoms with Crippen LogP contribution in [0.1, 0.15) is 36.5 Å². The van der Waals surface area contributed by atoms with E-state index in [0.29, 0.717) is 30.5 Å². The molecule has 6 nitrogen and oxygen atoms in total. The molecule has 0 saturated carbocycles. The standard InChI is InChI=1S/C16H20N2O4/c1-3-4-5-6-14(16(21)22)18-15(20)12-7-9-13(10-8-12)17-11(2)19/h3,7-10,14H,1,4-6H2,2H3,(H,17,19)(H,18,20)(H,21,22)/t14-/m1/s1. The molecule has 118 valence electrons. The van der Waals surface area contributed by atoms with E-state index >= 15 is 0 Å². The number of nitrogens with one attached hydrogen (secondary N) is 2. The number of amides is 2. The van der Waals surface area contributed by atoms with Crippen molar-refractivity contribution in [3.63, 3.8) is 0 Å². The molecule has 1 atom stereocenters. The molecule has 0 fully saturated rings. The van der Waals surface area contributed by atoms with E-state index in [-0.39, 0.29) is 5.91 Å². The van der Waals surface area contributed by atoms with Gasteiger partial charge >= 0.3 is 5.97 Å². The molecule has 0 aromatic heterocycles. The third-order valence-electron chi connectivity index (χ3n) is 2.97. The normalized spacial score (nSPS) is 11.3. The lowest BCUT2D eigenvalue weighted by Gasteiger charge is -2.14. The number of hydrogen-bond donors (Lipinski definition) is 3. The number of allylic oxidation sites excluding steroid dienone is 1. The van der Waals surface area contributed by atoms with Gasteiger partial charge in [-0.05, 0) is 43.5 Å². The van der Waals surface area contributed by atoms with Crippen LogP contribution in [0.25, 0.3) is 0 Å². The van der Waals surface area contributed by atoms with Gasteiger partial charge in [-0.1, -0.05) is 6.08 Å². The van der Waals surface area contributed by atoms with Crippen molar-refractivity contribution in [1.82, 2.24) is 5.32 Å². The quantitative estimate of drug-likeness (QED) is 0.506. The second-order valence-corrected chi connectivity index (χ2v) is 4.84. The van der Waals surface area contributed by atoms with Crippen molar-refractivity contribution in [3.8, 4) is 0 Å². The Labute approximate surface area is 129 Å². The summed E-state index contributed by atoms with van der Waals surface area (Å²) < 4.78 is 0. The highest BCUT2D eigenvalue weighted by atomic mass is 16.4. The number of aliphatic carboxylic acids is 1. The average molecular weight is 304 g/mol. The van der Waals surface area contributed by atoms with Crippen molar-refractivity contribution in [2.45, 2.75) is 32.2 Å². The van der Waals surface area contributed by atoms with Gasteiger partial charge in [0.25, 0.3) is 5.91 Å². The minimum atomic E-state index is -1.06. The first-order valence-corrected chi connectivity index (χ1v) is 6.96. The number of anilines is 1. The summed E-state index contributed by atoms with van der Waals surface area (Å²) in [6.07, 6.45) is 3.39. The van der Waals surface area contributed by atoms with Gasteiger partial charge in [-0.2, -0.15) is 0 Å². The topological polar surface area (TPSA) is 95.5 Å². The minimum Gasteiger partial charge on any atom is -0.480 e. The van der Waals surface area contributed by atoms with Crippen LogP contribution in [0.2, 0.25) is 0 Å². The fraction of sp³-hybridized carbons (Fsp3) is 0.312. The van der Waals surface area contributed by atoms with Crippen molar-refractivity contribution >= 4 is 23.5 Å². The number of hydrogen-bond acceptors (Lipinski definition) is 3. The van der Waals surface area contributed by atoms with Crippen LogP contribution in [-0.4, -0.2) is 28.9 Å². The molecule has 0 aliphatic heterocycles. The van der Waals surface area contributed by atoms with Crippen molar-refractivity contribution in [3.05, 3.63) is 42.5 Å². The van der Waals surface area contributed by atoms with Crippen LogP contribution >= 0.6 is 0 Å². The Hall–Kier alpha value is -2.63. The van der Waals surface area contributed by atoms with Gasteiger partial charge in [-0.15, -0.1) is 6.58 Å². The smallest absolute Gasteiger partial charge is 0.326 e. The predicted molar refractivity (Wildman–Crippen MR) is 83.7 cm³/mol. The number of carboxylic acids is 1. The van der Waals surface area contributed by atoms with Crippen molar-refractivity contribution < 1.29 is 19.5 Å². The van der Waals surface area contributed by atoms with E-state index in [1.54, 1.807) is 18.2 Å². The summed E-state index contributed by atoms with van der Waals surface area (Å²) in [5.41, 5.74) is 0.911. The van der Waals surface area contributed by atoms with E-state index in [1.807, 2.05) is 0 Å². The Kier molecular flexibility index (Phi) is 6.82. The van der Waals surface area contributed by atoms with Gasteiger partial charge in [-0.25, -0.2) is 4.79 Å². The van der Waals surface area contributed by atoms with Gasteiger partial charge in [0.1, 0.15) is 6.04 Å². The van der Waals surface area contributed by atoms with E-state index in [9.17, 15) is 14.4 Å². The molecular weight excluding hydrogens is 284 g/mol. The summed E-state index contributed by atoms with van der Waals surface area (Å²) >= 11 is 0. The summed E-state index contributed by atoms with van der Waals surface area (Å²) in [5, 5.41) is 14.2. The number of carboxylic acid groups (broad SMARTS) is 1. The number of carbonyl (C=O) groups is 3. The molecule has 22 heavy (non-hydrogen) atoms. The lowest BCUT2D eigenvalue weighted by atomic mass is 10.1. The molecule has 3 N–H and O–H groups in total. The van der Waals surface area contributed by atoms with Gasteiger partial charge in [0.15, 0.2) is 0 Å². The maximum Gasteiger partial charge on any atom is 0.326 e. The summed E-state index contributed by atoms with van der Waals surface area (Å²) in [5.74, 6) is -1.72. The first-order chi connectivity index (χ1) is 10.4. The van der Waals surface area contributed by atoms with E-state index < -0.39 is 17.9 Å². The molecule has 0 unspecified atom stereocenters. The van der Waals surface area contributed by atoms with Gasteiger partial charge in [0, 0.05) is 18.2 Å². The van der Waals surface area contributed by atoms with Crippen molar-refractivity contribution in [2.24, 2.45) is 0 Å². The fourth-order valence-corrected chi connectivity index (χ4v) is 1.87. The zero-order chi connectivity index (χ0) is 16.5. The maximum absolute atomic E-state index is 12.0. The third-order valence-corrected chi connectivity index (χ3v) is 2.97. The average Bonchev–Trinajstić information content (AvgIpc) is 2.46. The molecule has 0 heterocycles. The molecule has 0 saturated heterocycles. The monoisotopic (exact) mass is 304 g/mol. The molecule has 0 aliphatic rings. The van der Waals surface area contributed by atoms with E-state index in [0.717, 1.165) is 0 Å². The van der Waals surface area contributed by atoms with E-state index in [4.69, 9.17) is 5.11 Å². The van der Waals surface area contributed by atoms with Crippen LogP contribution in [-0.2, 0) is 9.59 Å². The fourth-order valence-electron chi connectivity index (χ4n) is 1.87. The molecule has 1 aromatic carbocycles. The van der Waals surface area contributed by atoms with Gasteiger partial charge < -0.3 is 15.7 Å². The molecule has 0 spiro atoms. The summed E-state index contributed by atoms with van der Waals surface area (Å²) in [6.45, 7) is 4.97. The SMILES string of the molecule is C=CCCC[C@@H](NC(=O)c1ccc(NC(C)=O)cc1)C(=O)O. The molecule has 0 bridgehead atoms. The Morgan fingerprint density at radius 2 is 1.91 bits per heavy atom. The second-order valence-electron chi connectivity index (χ2n) is 4.84. The molecule has 6 heteroatoms. The van der Waals surface area contributed by atoms with Crippen molar-refractivity contribution in [1.29, 1.82) is 0 Å². The Morgan fingerprint density at radius 3 is 2.41 bits per heavy atom. The van der Waals surface area contributed by atoms with Crippen LogP contribution in [0.4, 0.5) is 5.69 Å². The second kappa shape index (κ2) is 8.61. The van der Waals surface area contributed by atoms with Crippen molar-refractivity contribution in [2.75, 3.05) is 5.32 Å². The highest BCUT2D eigenvalue weighted by molar-refractivity contribution is 5.97. The molecule has 2 amide bonds. The lowest BCUT2D eigenvalue weighted by Crippen LogP contribution is -2.40. The summed E-state index contributed by atoms with van der Waals surface area (Å²) in [4.78, 5) is 34.1. The Morgan fingerprint density at radius 1 is 1.27 bits per heavy atom. The highest BCUT2D eigenvalue weighted by Crippen LogP contribution is 2.10. The zero-order valence-electron chi connectivity index (χ0n) is 12.5. The van der Waals surface area contributed by atoms with Crippen LogP contribution < -0.4 is 10.6 Å². The molecule has 1 aromatic rings. The van der Waals surface area contributed by atoms with E-state index in [2.05, 4.69) is 17.2 Å². The molecule has 1 rings (SSSR count). The molecule has 0 radical (unpaired) electrons. The Balaban J connectivity index is 2.66. The van der Waals surface area contributed by atoms with Crippen LogP contribution in [0, 0.1) is 0 Å². The number of rotatable bonds is 8. The van der Waals surface area contributed by atoms with Crippen LogP contribution in [0.5, 0.6) is 0 Å². The first-order valence-electron chi connectivity index (χ1n) is 6.96. The van der Waals surface area contributed by atoms with Crippen LogP contribution in [0.3, 0.4) is 0 Å². The van der Waals surface area contributed by atoms with E-state index in [1.165, 1.54) is 19.1 Å². The first kappa shape index (κ1) is 17.4. The van der Waals surface area contributed by atoms with Gasteiger partial charge in [0.2, 0.25) is 5.91 Å². The summed E-state index contributed by atoms with van der Waals surface area (Å²) in [7, 11) is 0. The number of benzene rings is 1. The molecule has 0 aliphatic carbocycles. The minimum absolute atomic E-state index is 0.203. The van der Waals surface area contributed by atoms with Gasteiger partial charge in [0.05, 0.1) is 0 Å². The lowest BCUT2D eigenvalue weighted by molar-refractivity contribution is -0.139. The Bertz CT molecular complexity index is 552. The van der Waals surface area contributed by atoms with Gasteiger partial charge in [-0.3, -0.25) is 9.59 Å². The predicted octanol–water partition coefficient (Wildman–Crippen LogP) is 2.18. The molecular formula is C16H20N2O4. The number of carbonyl (C=O) groups excluding carboxylic acids is 2. The third kappa shape index (κ3) is 5.78. The summed E-state index contributed by atoms with van der Waals surface area (Å²) in [6, 6.07) is 5.31. The highest BCUT2D eigenvalue weighted by Gasteiger charge is 2.19. The number of unbranched alkanes of at least 4 members (excludes halogenated alkanes) is 1. The van der Waals surface area contributed by atoms with Crippen LogP contribution in [0.15, 0.2) is 36.9 Å². The maximum atomic E-state index is 12.0.